The second kappa shape index (κ2) is 3.12. The van der Waals surface area contributed by atoms with E-state index in [-0.39, 0.29) is 0 Å². The number of nitrogens with zero attached hydrogens (tertiary/aromatic N) is 1. The normalized spacial score (nSPS) is 9.80. The lowest BCUT2D eigenvalue weighted by atomic mass is 10.5. The molecule has 0 aliphatic carbocycles. The Labute approximate surface area is 68.8 Å². The molecule has 2 nitrogen and oxygen atoms in total. The van der Waals surface area contributed by atoms with Gasteiger partial charge in [-0.15, -0.1) is 11.8 Å². The van der Waals surface area contributed by atoms with E-state index in [4.69, 9.17) is 17.3 Å². The van der Waals surface area contributed by atoms with Crippen molar-refractivity contribution in [3.05, 3.63) is 17.2 Å². The van der Waals surface area contributed by atoms with Crippen LogP contribution < -0.4 is 5.73 Å². The summed E-state index contributed by atoms with van der Waals surface area (Å²) in [7, 11) is 0. The molecule has 1 rings (SSSR count). The number of halogens is 1. The fourth-order valence-electron chi connectivity index (χ4n) is 0.597. The van der Waals surface area contributed by atoms with Crippen LogP contribution in [0.3, 0.4) is 0 Å². The largest absolute Gasteiger partial charge is 0.384 e. The van der Waals surface area contributed by atoms with Gasteiger partial charge in [-0.25, -0.2) is 4.98 Å². The van der Waals surface area contributed by atoms with Crippen LogP contribution in [-0.4, -0.2) is 11.2 Å². The SMILES string of the molecule is CSc1cc(Cl)cc(N)n1. The summed E-state index contributed by atoms with van der Waals surface area (Å²) in [4.78, 5) is 4.01. The Bertz CT molecular complexity index is 219. The zero-order chi connectivity index (χ0) is 7.56. The molecule has 0 saturated carbocycles. The quantitative estimate of drug-likeness (QED) is 0.663. The molecule has 0 saturated heterocycles. The summed E-state index contributed by atoms with van der Waals surface area (Å²) in [6.45, 7) is 0. The third kappa shape index (κ3) is 1.78. The topological polar surface area (TPSA) is 38.9 Å². The number of anilines is 1. The van der Waals surface area contributed by atoms with E-state index in [0.717, 1.165) is 5.03 Å². The van der Waals surface area contributed by atoms with Crippen LogP contribution in [0, 0.1) is 0 Å². The summed E-state index contributed by atoms with van der Waals surface area (Å²) >= 11 is 7.22. The van der Waals surface area contributed by atoms with Crippen LogP contribution >= 0.6 is 23.4 Å². The first kappa shape index (κ1) is 7.69. The van der Waals surface area contributed by atoms with E-state index in [1.165, 1.54) is 11.8 Å². The number of aromatic nitrogens is 1. The monoisotopic (exact) mass is 174 g/mol. The summed E-state index contributed by atoms with van der Waals surface area (Å²) in [5.41, 5.74) is 5.43. The third-order valence-electron chi connectivity index (χ3n) is 0.996. The minimum absolute atomic E-state index is 0.469. The molecule has 0 amide bonds. The Balaban J connectivity index is 3.06. The van der Waals surface area contributed by atoms with E-state index in [1.54, 1.807) is 12.1 Å². The Hall–Kier alpha value is -0.410. The number of rotatable bonds is 1. The molecule has 10 heavy (non-hydrogen) atoms. The van der Waals surface area contributed by atoms with E-state index in [0.29, 0.717) is 10.8 Å². The molecule has 0 bridgehead atoms. The highest BCUT2D eigenvalue weighted by atomic mass is 35.5. The van der Waals surface area contributed by atoms with E-state index >= 15 is 0 Å². The standard InChI is InChI=1S/C6H7ClN2S/c1-10-6-3-4(7)2-5(8)9-6/h2-3H,1H3,(H2,8,9). The number of hydrogen-bond donors (Lipinski definition) is 1. The molecule has 0 aliphatic rings. The predicted molar refractivity (Wildman–Crippen MR) is 45.4 cm³/mol. The van der Waals surface area contributed by atoms with Gasteiger partial charge in [-0.3, -0.25) is 0 Å². The Morgan fingerprint density at radius 2 is 2.30 bits per heavy atom. The van der Waals surface area contributed by atoms with Gasteiger partial charge in [0.1, 0.15) is 5.82 Å². The predicted octanol–water partition coefficient (Wildman–Crippen LogP) is 2.04. The Morgan fingerprint density at radius 1 is 1.60 bits per heavy atom. The summed E-state index contributed by atoms with van der Waals surface area (Å²) in [6.07, 6.45) is 1.93. The second-order valence-electron chi connectivity index (χ2n) is 1.75. The summed E-state index contributed by atoms with van der Waals surface area (Å²) in [5.74, 6) is 0.469. The minimum atomic E-state index is 0.469. The van der Waals surface area contributed by atoms with Crippen LogP contribution in [-0.2, 0) is 0 Å². The highest BCUT2D eigenvalue weighted by Crippen LogP contribution is 2.19. The molecule has 0 aromatic carbocycles. The molecule has 2 N–H and O–H groups in total. The number of nitrogen functional groups attached to an aromatic ring is 1. The zero-order valence-corrected chi connectivity index (χ0v) is 7.04. The van der Waals surface area contributed by atoms with Gasteiger partial charge in [0.05, 0.1) is 5.03 Å². The van der Waals surface area contributed by atoms with Gasteiger partial charge in [0, 0.05) is 5.02 Å². The van der Waals surface area contributed by atoms with Crippen molar-refractivity contribution >= 4 is 29.2 Å². The maximum absolute atomic E-state index is 5.70. The molecule has 0 radical (unpaired) electrons. The van der Waals surface area contributed by atoms with Crippen LogP contribution in [0.25, 0.3) is 0 Å². The number of thioether (sulfide) groups is 1. The molecular weight excluding hydrogens is 168 g/mol. The zero-order valence-electron chi connectivity index (χ0n) is 5.47. The number of nitrogens with two attached hydrogens (primary N) is 1. The molecule has 1 aromatic heterocycles. The summed E-state index contributed by atoms with van der Waals surface area (Å²) in [6, 6.07) is 3.41. The third-order valence-corrected chi connectivity index (χ3v) is 1.84. The molecule has 0 spiro atoms. The maximum Gasteiger partial charge on any atom is 0.126 e. The van der Waals surface area contributed by atoms with Crippen molar-refractivity contribution in [2.45, 2.75) is 5.03 Å². The first-order valence-electron chi connectivity index (χ1n) is 2.69. The summed E-state index contributed by atoms with van der Waals surface area (Å²) in [5, 5.41) is 1.49. The van der Waals surface area contributed by atoms with Gasteiger partial charge < -0.3 is 5.73 Å². The Kier molecular flexibility index (Phi) is 2.40. The van der Waals surface area contributed by atoms with Crippen molar-refractivity contribution in [2.75, 3.05) is 12.0 Å². The number of pyridine rings is 1. The van der Waals surface area contributed by atoms with Crippen molar-refractivity contribution in [1.82, 2.24) is 4.98 Å². The molecule has 54 valence electrons. The van der Waals surface area contributed by atoms with Crippen LogP contribution in [0.4, 0.5) is 5.82 Å². The molecule has 0 fully saturated rings. The van der Waals surface area contributed by atoms with Crippen LogP contribution in [0.15, 0.2) is 17.2 Å². The molecule has 4 heteroatoms. The maximum atomic E-state index is 5.70. The van der Waals surface area contributed by atoms with Gasteiger partial charge >= 0.3 is 0 Å². The lowest BCUT2D eigenvalue weighted by Crippen LogP contribution is -1.90. The van der Waals surface area contributed by atoms with Gasteiger partial charge in [0.2, 0.25) is 0 Å². The van der Waals surface area contributed by atoms with Gasteiger partial charge in [0.15, 0.2) is 0 Å². The first-order chi connectivity index (χ1) is 4.72. The van der Waals surface area contributed by atoms with Crippen molar-refractivity contribution in [2.24, 2.45) is 0 Å². The van der Waals surface area contributed by atoms with Crippen molar-refractivity contribution < 1.29 is 0 Å². The van der Waals surface area contributed by atoms with E-state index in [1.807, 2.05) is 6.26 Å². The van der Waals surface area contributed by atoms with E-state index in [2.05, 4.69) is 4.98 Å². The van der Waals surface area contributed by atoms with Gasteiger partial charge in [-0.05, 0) is 18.4 Å². The highest BCUT2D eigenvalue weighted by molar-refractivity contribution is 7.98. The van der Waals surface area contributed by atoms with Crippen LogP contribution in [0.2, 0.25) is 5.02 Å². The average molecular weight is 175 g/mol. The van der Waals surface area contributed by atoms with Gasteiger partial charge in [0.25, 0.3) is 0 Å². The second-order valence-corrected chi connectivity index (χ2v) is 3.02. The number of hydrogen-bond acceptors (Lipinski definition) is 3. The molecule has 0 aliphatic heterocycles. The van der Waals surface area contributed by atoms with E-state index in [9.17, 15) is 0 Å². The van der Waals surface area contributed by atoms with E-state index < -0.39 is 0 Å². The van der Waals surface area contributed by atoms with Crippen molar-refractivity contribution in [3.63, 3.8) is 0 Å². The van der Waals surface area contributed by atoms with Crippen molar-refractivity contribution in [3.8, 4) is 0 Å². The average Bonchev–Trinajstić information content (AvgIpc) is 1.85. The van der Waals surface area contributed by atoms with Gasteiger partial charge in [-0.2, -0.15) is 0 Å². The van der Waals surface area contributed by atoms with Crippen LogP contribution in [0.1, 0.15) is 0 Å². The minimum Gasteiger partial charge on any atom is -0.384 e. The highest BCUT2D eigenvalue weighted by Gasteiger charge is 1.95. The lowest BCUT2D eigenvalue weighted by Gasteiger charge is -1.97. The molecule has 1 aromatic rings. The first-order valence-corrected chi connectivity index (χ1v) is 4.29. The molecular formula is C6H7ClN2S. The Morgan fingerprint density at radius 3 is 2.80 bits per heavy atom. The van der Waals surface area contributed by atoms with Crippen LogP contribution in [0.5, 0.6) is 0 Å². The fraction of sp³-hybridized carbons (Fsp3) is 0.167. The summed E-state index contributed by atoms with van der Waals surface area (Å²) < 4.78 is 0. The fourth-order valence-corrected chi connectivity index (χ4v) is 1.32. The molecule has 0 atom stereocenters. The van der Waals surface area contributed by atoms with Crippen molar-refractivity contribution in [1.29, 1.82) is 0 Å². The molecule has 0 unspecified atom stereocenters. The van der Waals surface area contributed by atoms with Gasteiger partial charge in [-0.1, -0.05) is 11.6 Å². The molecule has 1 heterocycles. The lowest BCUT2D eigenvalue weighted by molar-refractivity contribution is 1.15. The smallest absolute Gasteiger partial charge is 0.126 e.